The van der Waals surface area contributed by atoms with E-state index in [0.29, 0.717) is 12.3 Å². The summed E-state index contributed by atoms with van der Waals surface area (Å²) in [6.07, 6.45) is 4.74. The smallest absolute Gasteiger partial charge is 0.234 e. The summed E-state index contributed by atoms with van der Waals surface area (Å²) in [7, 11) is 0. The van der Waals surface area contributed by atoms with Gasteiger partial charge in [0.05, 0.1) is 0 Å². The Bertz CT molecular complexity index is 313. The fourth-order valence-corrected chi connectivity index (χ4v) is 1.57. The molecule has 0 saturated heterocycles. The van der Waals surface area contributed by atoms with Crippen LogP contribution in [-0.4, -0.2) is 22.1 Å². The molecule has 74 valence electrons. The highest BCUT2D eigenvalue weighted by Gasteiger charge is 2.23. The van der Waals surface area contributed by atoms with Crippen LogP contribution in [0, 0.1) is 0 Å². The molecule has 0 aromatic carbocycles. The molecule has 0 amide bonds. The third kappa shape index (κ3) is 2.07. The summed E-state index contributed by atoms with van der Waals surface area (Å²) >= 11 is 0. The summed E-state index contributed by atoms with van der Waals surface area (Å²) in [5, 5.41) is 7.47. The van der Waals surface area contributed by atoms with Gasteiger partial charge in [0.1, 0.15) is 0 Å². The van der Waals surface area contributed by atoms with Gasteiger partial charge in [-0.25, -0.2) is 0 Å². The van der Waals surface area contributed by atoms with Gasteiger partial charge in [0.25, 0.3) is 0 Å². The average Bonchev–Trinajstić information content (AvgIpc) is 2.23. The van der Waals surface area contributed by atoms with E-state index in [0.717, 1.165) is 19.3 Å². The third-order valence-electron chi connectivity index (χ3n) is 2.31. The first-order chi connectivity index (χ1) is 6.86. The Balaban J connectivity index is 2.00. The highest BCUT2D eigenvalue weighted by Crippen LogP contribution is 2.18. The van der Waals surface area contributed by atoms with Crippen LogP contribution in [0.4, 0.5) is 0 Å². The van der Waals surface area contributed by atoms with Gasteiger partial charge in [0, 0.05) is 18.7 Å². The number of Topliss-reactive ketones (excluding diaryl/α,β-unsaturated/α-hetero) is 1. The molecule has 4 heteroatoms. The lowest BCUT2D eigenvalue weighted by molar-refractivity contribution is -0.127. The lowest BCUT2D eigenvalue weighted by atomic mass is 9.96. The van der Waals surface area contributed by atoms with Crippen LogP contribution in [0.1, 0.15) is 25.7 Å². The second kappa shape index (κ2) is 4.17. The maximum absolute atomic E-state index is 11.4. The van der Waals surface area contributed by atoms with Gasteiger partial charge < -0.3 is 4.74 Å². The molecule has 1 atom stereocenters. The molecule has 4 nitrogen and oxygen atoms in total. The van der Waals surface area contributed by atoms with Crippen molar-refractivity contribution >= 4 is 5.78 Å². The number of nitrogens with zero attached hydrogens (tertiary/aromatic N) is 2. The van der Waals surface area contributed by atoms with Crippen LogP contribution in [0.15, 0.2) is 18.3 Å². The first kappa shape index (κ1) is 9.12. The maximum atomic E-state index is 11.4. The molecule has 0 bridgehead atoms. The number of carbonyl (C=O) groups is 1. The highest BCUT2D eigenvalue weighted by molar-refractivity contribution is 5.83. The predicted molar refractivity (Wildman–Crippen MR) is 49.9 cm³/mol. The quantitative estimate of drug-likeness (QED) is 0.710. The van der Waals surface area contributed by atoms with Gasteiger partial charge >= 0.3 is 0 Å². The van der Waals surface area contributed by atoms with Gasteiger partial charge in [0.15, 0.2) is 11.9 Å². The minimum Gasteiger partial charge on any atom is -0.465 e. The molecule has 1 aromatic rings. The molecule has 14 heavy (non-hydrogen) atoms. The fraction of sp³-hybridized carbons (Fsp3) is 0.500. The van der Waals surface area contributed by atoms with E-state index in [4.69, 9.17) is 4.74 Å². The first-order valence-corrected chi connectivity index (χ1v) is 4.83. The second-order valence-corrected chi connectivity index (χ2v) is 3.38. The molecule has 1 unspecified atom stereocenters. The molecule has 0 aliphatic heterocycles. The molecule has 1 aromatic heterocycles. The van der Waals surface area contributed by atoms with Crippen LogP contribution in [0.25, 0.3) is 0 Å². The SMILES string of the molecule is O=C1CCCCC1Oc1cccnn1. The Hall–Kier alpha value is -1.45. The number of aromatic nitrogens is 2. The summed E-state index contributed by atoms with van der Waals surface area (Å²) in [6, 6.07) is 3.46. The van der Waals surface area contributed by atoms with Crippen molar-refractivity contribution in [3.63, 3.8) is 0 Å². The molecule has 1 aliphatic rings. The largest absolute Gasteiger partial charge is 0.465 e. The zero-order valence-corrected chi connectivity index (χ0v) is 7.85. The Morgan fingerprint density at radius 2 is 2.36 bits per heavy atom. The van der Waals surface area contributed by atoms with Crippen LogP contribution < -0.4 is 4.74 Å². The molecule has 0 N–H and O–H groups in total. The lowest BCUT2D eigenvalue weighted by Gasteiger charge is -2.20. The molecule has 1 heterocycles. The normalized spacial score (nSPS) is 22.0. The number of carbonyl (C=O) groups excluding carboxylic acids is 1. The van der Waals surface area contributed by atoms with E-state index >= 15 is 0 Å². The van der Waals surface area contributed by atoms with E-state index in [2.05, 4.69) is 10.2 Å². The zero-order chi connectivity index (χ0) is 9.80. The standard InChI is InChI=1S/C10H12N2O2/c13-8-4-1-2-5-9(8)14-10-6-3-7-11-12-10/h3,6-7,9H,1-2,4-5H2. The number of ketones is 1. The number of hydrogen-bond donors (Lipinski definition) is 0. The number of ether oxygens (including phenoxy) is 1. The summed E-state index contributed by atoms with van der Waals surface area (Å²) in [4.78, 5) is 11.4. The van der Waals surface area contributed by atoms with Crippen molar-refractivity contribution in [2.75, 3.05) is 0 Å². The summed E-state index contributed by atoms with van der Waals surface area (Å²) in [5.41, 5.74) is 0. The van der Waals surface area contributed by atoms with E-state index in [-0.39, 0.29) is 11.9 Å². The maximum Gasteiger partial charge on any atom is 0.234 e. The van der Waals surface area contributed by atoms with Crippen LogP contribution >= 0.6 is 0 Å². The van der Waals surface area contributed by atoms with Crippen molar-refractivity contribution in [3.05, 3.63) is 18.3 Å². The molecule has 1 fully saturated rings. The van der Waals surface area contributed by atoms with Crippen LogP contribution in [-0.2, 0) is 4.79 Å². The van der Waals surface area contributed by atoms with Crippen molar-refractivity contribution in [3.8, 4) is 5.88 Å². The van der Waals surface area contributed by atoms with Crippen LogP contribution in [0.3, 0.4) is 0 Å². The van der Waals surface area contributed by atoms with Gasteiger partial charge in [-0.05, 0) is 25.3 Å². The number of rotatable bonds is 2. The van der Waals surface area contributed by atoms with Gasteiger partial charge in [0.2, 0.25) is 5.88 Å². The fourth-order valence-electron chi connectivity index (χ4n) is 1.57. The van der Waals surface area contributed by atoms with Gasteiger partial charge in [-0.3, -0.25) is 4.79 Å². The Labute approximate surface area is 82.3 Å². The minimum absolute atomic E-state index is 0.182. The summed E-state index contributed by atoms with van der Waals surface area (Å²) in [6.45, 7) is 0. The Kier molecular flexibility index (Phi) is 2.72. The average molecular weight is 192 g/mol. The Morgan fingerprint density at radius 1 is 1.43 bits per heavy atom. The van der Waals surface area contributed by atoms with Crippen molar-refractivity contribution in [2.24, 2.45) is 0 Å². The lowest BCUT2D eigenvalue weighted by Crippen LogP contribution is -2.30. The van der Waals surface area contributed by atoms with Crippen LogP contribution in [0.2, 0.25) is 0 Å². The molecule has 2 rings (SSSR count). The minimum atomic E-state index is -0.305. The molecular formula is C10H12N2O2. The Morgan fingerprint density at radius 3 is 3.07 bits per heavy atom. The molecule has 1 saturated carbocycles. The molecular weight excluding hydrogens is 180 g/mol. The number of hydrogen-bond acceptors (Lipinski definition) is 4. The summed E-state index contributed by atoms with van der Waals surface area (Å²) in [5.74, 6) is 0.620. The van der Waals surface area contributed by atoms with E-state index in [1.54, 1.807) is 18.3 Å². The molecule has 0 radical (unpaired) electrons. The van der Waals surface area contributed by atoms with Gasteiger partial charge in [-0.2, -0.15) is 5.10 Å². The van der Waals surface area contributed by atoms with E-state index in [9.17, 15) is 4.79 Å². The van der Waals surface area contributed by atoms with E-state index in [1.807, 2.05) is 0 Å². The monoisotopic (exact) mass is 192 g/mol. The summed E-state index contributed by atoms with van der Waals surface area (Å²) < 4.78 is 5.44. The first-order valence-electron chi connectivity index (χ1n) is 4.83. The second-order valence-electron chi connectivity index (χ2n) is 3.38. The van der Waals surface area contributed by atoms with Gasteiger partial charge in [-0.15, -0.1) is 5.10 Å². The van der Waals surface area contributed by atoms with Crippen molar-refractivity contribution < 1.29 is 9.53 Å². The molecule has 0 spiro atoms. The van der Waals surface area contributed by atoms with Crippen LogP contribution in [0.5, 0.6) is 5.88 Å². The zero-order valence-electron chi connectivity index (χ0n) is 7.85. The van der Waals surface area contributed by atoms with E-state index < -0.39 is 0 Å². The highest BCUT2D eigenvalue weighted by atomic mass is 16.5. The van der Waals surface area contributed by atoms with Crippen molar-refractivity contribution in [1.82, 2.24) is 10.2 Å². The topological polar surface area (TPSA) is 52.1 Å². The third-order valence-corrected chi connectivity index (χ3v) is 2.31. The van der Waals surface area contributed by atoms with Crippen molar-refractivity contribution in [2.45, 2.75) is 31.8 Å². The van der Waals surface area contributed by atoms with E-state index in [1.165, 1.54) is 0 Å². The van der Waals surface area contributed by atoms with Gasteiger partial charge in [-0.1, -0.05) is 0 Å². The van der Waals surface area contributed by atoms with Crippen molar-refractivity contribution in [1.29, 1.82) is 0 Å². The molecule has 1 aliphatic carbocycles. The predicted octanol–water partition coefficient (Wildman–Crippen LogP) is 1.37.